The van der Waals surface area contributed by atoms with Gasteiger partial charge in [0.1, 0.15) is 6.61 Å². The number of esters is 1. The predicted octanol–water partition coefficient (Wildman–Crippen LogP) is 5.30. The maximum Gasteiger partial charge on any atom is 0.407 e. The molecule has 2 N–H and O–H groups in total. The Morgan fingerprint density at radius 1 is 0.950 bits per heavy atom. The first-order valence-corrected chi connectivity index (χ1v) is 12.9. The summed E-state index contributed by atoms with van der Waals surface area (Å²) < 4.78 is 16.2. The van der Waals surface area contributed by atoms with Crippen molar-refractivity contribution in [1.29, 1.82) is 0 Å². The highest BCUT2D eigenvalue weighted by molar-refractivity contribution is 5.87. The Kier molecular flexibility index (Phi) is 7.91. The van der Waals surface area contributed by atoms with E-state index < -0.39 is 24.1 Å². The van der Waals surface area contributed by atoms with E-state index in [2.05, 4.69) is 27.2 Å². The number of methoxy groups -OCH3 is 1. The number of nitrogens with zero attached hydrogens (tertiary/aromatic N) is 1. The molecule has 40 heavy (non-hydrogen) atoms. The number of carboxylic acids is 1. The first-order chi connectivity index (χ1) is 19.4. The number of amides is 1. The molecule has 1 atom stereocenters. The Morgan fingerprint density at radius 2 is 1.57 bits per heavy atom. The highest BCUT2D eigenvalue weighted by atomic mass is 16.5. The van der Waals surface area contributed by atoms with Gasteiger partial charge >= 0.3 is 18.0 Å². The first-order valence-electron chi connectivity index (χ1n) is 12.9. The smallest absolute Gasteiger partial charge is 0.407 e. The van der Waals surface area contributed by atoms with Crippen molar-refractivity contribution in [3.05, 3.63) is 113 Å². The molecular formula is C31H28N2O7. The van der Waals surface area contributed by atoms with Gasteiger partial charge in [-0.05, 0) is 27.8 Å². The number of rotatable bonds is 10. The zero-order valence-electron chi connectivity index (χ0n) is 21.8. The van der Waals surface area contributed by atoms with E-state index in [9.17, 15) is 19.5 Å². The molecule has 0 saturated carbocycles. The van der Waals surface area contributed by atoms with Crippen LogP contribution in [0.3, 0.4) is 0 Å². The highest BCUT2D eigenvalue weighted by Crippen LogP contribution is 2.44. The lowest BCUT2D eigenvalue weighted by atomic mass is 9.98. The average molecular weight is 541 g/mol. The van der Waals surface area contributed by atoms with E-state index in [0.29, 0.717) is 0 Å². The van der Waals surface area contributed by atoms with Crippen LogP contribution in [0.25, 0.3) is 11.1 Å². The molecule has 0 fully saturated rings. The fraction of sp³-hybridized carbons (Fsp3) is 0.226. The summed E-state index contributed by atoms with van der Waals surface area (Å²) in [7, 11) is 1.26. The van der Waals surface area contributed by atoms with Crippen LogP contribution in [0.15, 0.2) is 83.3 Å². The maximum absolute atomic E-state index is 13.1. The third-order valence-corrected chi connectivity index (χ3v) is 6.91. The van der Waals surface area contributed by atoms with Crippen molar-refractivity contribution in [3.63, 3.8) is 0 Å². The van der Waals surface area contributed by atoms with E-state index in [0.717, 1.165) is 27.8 Å². The molecule has 0 radical (unpaired) electrons. The molecule has 0 unspecified atom stereocenters. The number of hydrogen-bond acceptors (Lipinski definition) is 7. The van der Waals surface area contributed by atoms with Crippen molar-refractivity contribution in [1.82, 2.24) is 10.3 Å². The van der Waals surface area contributed by atoms with E-state index in [4.69, 9.17) is 9.15 Å². The molecule has 0 bridgehead atoms. The van der Waals surface area contributed by atoms with Crippen molar-refractivity contribution < 1.29 is 33.4 Å². The number of benzene rings is 3. The molecule has 1 aliphatic carbocycles. The lowest BCUT2D eigenvalue weighted by Gasteiger charge is -2.19. The molecule has 0 saturated heterocycles. The van der Waals surface area contributed by atoms with Gasteiger partial charge < -0.3 is 24.3 Å². The van der Waals surface area contributed by atoms with Gasteiger partial charge in [-0.2, -0.15) is 0 Å². The number of aromatic nitrogens is 1. The van der Waals surface area contributed by atoms with Gasteiger partial charge in [-0.25, -0.2) is 14.6 Å². The fourth-order valence-electron chi connectivity index (χ4n) is 5.03. The summed E-state index contributed by atoms with van der Waals surface area (Å²) in [5.41, 5.74) is 4.89. The van der Waals surface area contributed by atoms with Crippen LogP contribution in [-0.2, 0) is 27.1 Å². The van der Waals surface area contributed by atoms with Crippen LogP contribution in [-0.4, -0.2) is 41.8 Å². The summed E-state index contributed by atoms with van der Waals surface area (Å²) in [6.45, 7) is 0.102. The van der Waals surface area contributed by atoms with E-state index >= 15 is 0 Å². The fourth-order valence-corrected chi connectivity index (χ4v) is 5.03. The molecule has 9 heteroatoms. The van der Waals surface area contributed by atoms with Crippen molar-refractivity contribution in [3.8, 4) is 11.1 Å². The van der Waals surface area contributed by atoms with Crippen molar-refractivity contribution in [2.45, 2.75) is 31.2 Å². The molecule has 5 rings (SSSR count). The second-order valence-corrected chi connectivity index (χ2v) is 9.41. The van der Waals surface area contributed by atoms with E-state index in [-0.39, 0.29) is 49.1 Å². The number of hydrogen-bond donors (Lipinski definition) is 2. The quantitative estimate of drug-likeness (QED) is 0.259. The summed E-state index contributed by atoms with van der Waals surface area (Å²) in [6, 6.07) is 24.5. The monoisotopic (exact) mass is 540 g/mol. The second-order valence-electron chi connectivity index (χ2n) is 9.41. The van der Waals surface area contributed by atoms with Gasteiger partial charge in [0, 0.05) is 18.8 Å². The number of carboxylic acid groups (broad SMARTS) is 1. The number of aryl methyl sites for hydroxylation is 1. The van der Waals surface area contributed by atoms with Crippen LogP contribution in [0.2, 0.25) is 0 Å². The van der Waals surface area contributed by atoms with Crippen LogP contribution < -0.4 is 5.32 Å². The number of ether oxygens (including phenoxy) is 2. The Hall–Kier alpha value is -4.92. The Labute approximate surface area is 230 Å². The summed E-state index contributed by atoms with van der Waals surface area (Å²) in [5, 5.41) is 12.6. The molecule has 1 aromatic heterocycles. The molecule has 204 valence electrons. The number of oxazole rings is 1. The van der Waals surface area contributed by atoms with E-state index in [1.165, 1.54) is 7.11 Å². The van der Waals surface area contributed by atoms with Crippen LogP contribution >= 0.6 is 0 Å². The number of aromatic carboxylic acids is 1. The third kappa shape index (κ3) is 5.73. The molecule has 4 aromatic rings. The summed E-state index contributed by atoms with van der Waals surface area (Å²) in [6.07, 6.45) is -0.461. The first kappa shape index (κ1) is 26.7. The van der Waals surface area contributed by atoms with Crippen molar-refractivity contribution >= 4 is 18.0 Å². The van der Waals surface area contributed by atoms with Crippen molar-refractivity contribution in [2.75, 3.05) is 13.7 Å². The van der Waals surface area contributed by atoms with Gasteiger partial charge in [-0.15, -0.1) is 0 Å². The molecule has 3 aromatic carbocycles. The molecule has 9 nitrogen and oxygen atoms in total. The Balaban J connectivity index is 1.37. The van der Waals surface area contributed by atoms with Crippen LogP contribution in [0.5, 0.6) is 0 Å². The number of alkyl carbamates (subject to hydrolysis) is 1. The summed E-state index contributed by atoms with van der Waals surface area (Å²) in [4.78, 5) is 40.8. The topological polar surface area (TPSA) is 128 Å². The van der Waals surface area contributed by atoms with Crippen LogP contribution in [0.4, 0.5) is 4.79 Å². The average Bonchev–Trinajstić information content (AvgIpc) is 3.55. The lowest BCUT2D eigenvalue weighted by molar-refractivity contribution is -0.140. The molecule has 1 amide bonds. The van der Waals surface area contributed by atoms with Gasteiger partial charge in [0.25, 0.3) is 0 Å². The number of nitrogens with one attached hydrogen (secondary N) is 1. The largest absolute Gasteiger partial charge is 0.476 e. The molecule has 0 aliphatic heterocycles. The Bertz CT molecular complexity index is 1480. The highest BCUT2D eigenvalue weighted by Gasteiger charge is 2.31. The summed E-state index contributed by atoms with van der Waals surface area (Å²) in [5.74, 6) is -1.88. The Morgan fingerprint density at radius 3 is 2.20 bits per heavy atom. The SMILES string of the molecule is COC(=O)CCc1nc(C(=O)O)c([C@H](Cc2ccccc2)NC(=O)OCC2c3ccccc3-c3ccccc32)o1. The van der Waals surface area contributed by atoms with E-state index in [1.807, 2.05) is 66.7 Å². The zero-order valence-corrected chi connectivity index (χ0v) is 21.8. The molecular weight excluding hydrogens is 512 g/mol. The minimum Gasteiger partial charge on any atom is -0.476 e. The van der Waals surface area contributed by atoms with Crippen LogP contribution in [0, 0.1) is 0 Å². The standard InChI is InChI=1S/C31H28N2O7/c1-38-27(34)16-15-26-33-28(30(35)36)29(40-26)25(17-19-9-3-2-4-10-19)32-31(37)39-18-24-22-13-7-5-11-20(22)21-12-6-8-14-23(21)24/h2-14,24-25H,15-18H2,1H3,(H,32,37)(H,35,36)/t25-/m0/s1. The zero-order chi connectivity index (χ0) is 28.1. The third-order valence-electron chi connectivity index (χ3n) is 6.91. The van der Waals surface area contributed by atoms with Gasteiger partial charge in [-0.1, -0.05) is 78.9 Å². The molecule has 0 spiro atoms. The van der Waals surface area contributed by atoms with Crippen LogP contribution in [0.1, 0.15) is 57.2 Å². The minimum atomic E-state index is -1.31. The van der Waals surface area contributed by atoms with Crippen molar-refractivity contribution in [2.24, 2.45) is 0 Å². The molecule has 1 aliphatic rings. The predicted molar refractivity (Wildman–Crippen MR) is 145 cm³/mol. The number of carbonyl (C=O) groups is 3. The van der Waals surface area contributed by atoms with E-state index in [1.54, 1.807) is 0 Å². The second kappa shape index (κ2) is 11.9. The lowest BCUT2D eigenvalue weighted by Crippen LogP contribution is -2.32. The molecule has 1 heterocycles. The number of carbonyl (C=O) groups excluding carboxylic acids is 2. The van der Waals surface area contributed by atoms with Gasteiger partial charge in [0.2, 0.25) is 0 Å². The normalized spacial score (nSPS) is 12.7. The summed E-state index contributed by atoms with van der Waals surface area (Å²) >= 11 is 0. The maximum atomic E-state index is 13.1. The number of fused-ring (bicyclic) bond motifs is 3. The van der Waals surface area contributed by atoms with Gasteiger partial charge in [0.05, 0.1) is 19.6 Å². The minimum absolute atomic E-state index is 0.0234. The van der Waals surface area contributed by atoms with Gasteiger partial charge in [0.15, 0.2) is 17.3 Å². The van der Waals surface area contributed by atoms with Gasteiger partial charge in [-0.3, -0.25) is 4.79 Å².